The highest BCUT2D eigenvalue weighted by atomic mass is 35.5. The average Bonchev–Trinajstić information content (AvgIpc) is 3.21. The molecule has 1 aromatic carbocycles. The maximum atomic E-state index is 12.7. The summed E-state index contributed by atoms with van der Waals surface area (Å²) in [6.45, 7) is 2.93. The highest BCUT2D eigenvalue weighted by Gasteiger charge is 2.32. The molecule has 0 radical (unpaired) electrons. The molecule has 2 rings (SSSR count). The van der Waals surface area contributed by atoms with Crippen LogP contribution in [0.1, 0.15) is 25.3 Å². The third-order valence-corrected chi connectivity index (χ3v) is 6.17. The van der Waals surface area contributed by atoms with Crippen molar-refractivity contribution in [3.8, 4) is 0 Å². The topological polar surface area (TPSA) is 63.4 Å². The van der Waals surface area contributed by atoms with Gasteiger partial charge in [0.15, 0.2) is 0 Å². The van der Waals surface area contributed by atoms with E-state index in [0.29, 0.717) is 29.6 Å². The molecule has 0 aliphatic heterocycles. The lowest BCUT2D eigenvalue weighted by Gasteiger charge is -2.21. The highest BCUT2D eigenvalue weighted by molar-refractivity contribution is 7.89. The fraction of sp³-hybridized carbons (Fsp3) is 0.538. The zero-order chi connectivity index (χ0) is 14.9. The second-order valence-electron chi connectivity index (χ2n) is 4.98. The Morgan fingerprint density at radius 3 is 2.50 bits per heavy atom. The lowest BCUT2D eigenvalue weighted by Crippen LogP contribution is -2.33. The van der Waals surface area contributed by atoms with Crippen LogP contribution in [-0.4, -0.2) is 25.8 Å². The fourth-order valence-electron chi connectivity index (χ4n) is 2.08. The summed E-state index contributed by atoms with van der Waals surface area (Å²) in [5.74, 6) is 0.469. The Balaban J connectivity index is 2.44. The van der Waals surface area contributed by atoms with Gasteiger partial charge in [-0.05, 0) is 36.5 Å². The number of rotatable bonds is 6. The van der Waals surface area contributed by atoms with Crippen LogP contribution in [0.5, 0.6) is 0 Å². The van der Waals surface area contributed by atoms with Crippen LogP contribution >= 0.6 is 23.2 Å². The first kappa shape index (κ1) is 16.0. The molecular weight excluding hydrogens is 319 g/mol. The van der Waals surface area contributed by atoms with Crippen molar-refractivity contribution in [2.75, 3.05) is 13.1 Å². The van der Waals surface area contributed by atoms with Crippen molar-refractivity contribution in [2.45, 2.75) is 31.2 Å². The summed E-state index contributed by atoms with van der Waals surface area (Å²) in [6.07, 6.45) is 2.17. The second kappa shape index (κ2) is 6.20. The van der Waals surface area contributed by atoms with Gasteiger partial charge in [0.2, 0.25) is 10.0 Å². The van der Waals surface area contributed by atoms with E-state index in [9.17, 15) is 8.42 Å². The van der Waals surface area contributed by atoms with Gasteiger partial charge in [0.05, 0.1) is 5.02 Å². The van der Waals surface area contributed by atoms with Crippen LogP contribution in [0.15, 0.2) is 17.0 Å². The van der Waals surface area contributed by atoms with Gasteiger partial charge in [0, 0.05) is 24.7 Å². The number of halogens is 2. The molecule has 0 spiro atoms. The van der Waals surface area contributed by atoms with Gasteiger partial charge in [-0.1, -0.05) is 30.1 Å². The number of hydrogen-bond acceptors (Lipinski definition) is 3. The predicted octanol–water partition coefficient (Wildman–Crippen LogP) is 2.87. The van der Waals surface area contributed by atoms with Gasteiger partial charge in [-0.25, -0.2) is 8.42 Å². The SMILES string of the molecule is CCN(CC1CC1)S(=O)(=O)c1cc(Cl)cc(CN)c1Cl. The third-order valence-electron chi connectivity index (χ3n) is 3.43. The molecule has 0 amide bonds. The van der Waals surface area contributed by atoms with E-state index in [1.165, 1.54) is 10.4 Å². The summed E-state index contributed by atoms with van der Waals surface area (Å²) in [7, 11) is -3.63. The normalized spacial score (nSPS) is 15.8. The summed E-state index contributed by atoms with van der Waals surface area (Å²) < 4.78 is 26.9. The molecule has 0 atom stereocenters. The minimum atomic E-state index is -3.63. The number of hydrogen-bond donors (Lipinski definition) is 1. The van der Waals surface area contributed by atoms with Crippen molar-refractivity contribution in [2.24, 2.45) is 11.7 Å². The van der Waals surface area contributed by atoms with Crippen LogP contribution < -0.4 is 5.73 Å². The zero-order valence-electron chi connectivity index (χ0n) is 11.3. The molecule has 20 heavy (non-hydrogen) atoms. The standard InChI is InChI=1S/C13H18Cl2N2O2S/c1-2-17(8-9-3-4-9)20(18,19)12-6-11(14)5-10(7-16)13(12)15/h5-6,9H,2-4,7-8,16H2,1H3. The van der Waals surface area contributed by atoms with E-state index >= 15 is 0 Å². The maximum absolute atomic E-state index is 12.7. The van der Waals surface area contributed by atoms with Gasteiger partial charge < -0.3 is 5.73 Å². The molecule has 0 unspecified atom stereocenters. The first-order chi connectivity index (χ1) is 9.40. The van der Waals surface area contributed by atoms with Crippen molar-refractivity contribution in [3.63, 3.8) is 0 Å². The van der Waals surface area contributed by atoms with Gasteiger partial charge >= 0.3 is 0 Å². The van der Waals surface area contributed by atoms with Crippen LogP contribution in [0.2, 0.25) is 10.0 Å². The molecule has 1 fully saturated rings. The van der Waals surface area contributed by atoms with E-state index in [1.807, 2.05) is 6.92 Å². The highest BCUT2D eigenvalue weighted by Crippen LogP contribution is 2.34. The molecule has 1 aliphatic carbocycles. The van der Waals surface area contributed by atoms with Crippen molar-refractivity contribution in [1.82, 2.24) is 4.31 Å². The smallest absolute Gasteiger partial charge is 0.244 e. The molecule has 2 N–H and O–H groups in total. The first-order valence-corrected chi connectivity index (χ1v) is 8.77. The fourth-order valence-corrected chi connectivity index (χ4v) is 4.52. The largest absolute Gasteiger partial charge is 0.326 e. The molecule has 0 saturated heterocycles. The predicted molar refractivity (Wildman–Crippen MR) is 81.5 cm³/mol. The molecule has 1 aromatic rings. The summed E-state index contributed by atoms with van der Waals surface area (Å²) in [5.41, 5.74) is 6.12. The Labute approximate surface area is 129 Å². The van der Waals surface area contributed by atoms with E-state index in [2.05, 4.69) is 0 Å². The number of benzene rings is 1. The third kappa shape index (κ3) is 3.28. The summed E-state index contributed by atoms with van der Waals surface area (Å²) >= 11 is 12.1. The minimum Gasteiger partial charge on any atom is -0.326 e. The van der Waals surface area contributed by atoms with Gasteiger partial charge in [-0.15, -0.1) is 0 Å². The zero-order valence-corrected chi connectivity index (χ0v) is 13.6. The molecule has 1 saturated carbocycles. The maximum Gasteiger partial charge on any atom is 0.244 e. The van der Waals surface area contributed by atoms with Gasteiger partial charge in [-0.3, -0.25) is 0 Å². The second-order valence-corrected chi connectivity index (χ2v) is 7.70. The molecule has 1 aliphatic rings. The van der Waals surface area contributed by atoms with Gasteiger partial charge in [0.1, 0.15) is 4.90 Å². The minimum absolute atomic E-state index is 0.0506. The molecule has 0 bridgehead atoms. The summed E-state index contributed by atoms with van der Waals surface area (Å²) in [4.78, 5) is 0.0506. The van der Waals surface area contributed by atoms with Crippen molar-refractivity contribution >= 4 is 33.2 Å². The summed E-state index contributed by atoms with van der Waals surface area (Å²) in [6, 6.07) is 2.99. The number of nitrogens with zero attached hydrogens (tertiary/aromatic N) is 1. The Bertz CT molecular complexity index is 601. The van der Waals surface area contributed by atoms with Crippen molar-refractivity contribution in [1.29, 1.82) is 0 Å². The van der Waals surface area contributed by atoms with Gasteiger partial charge in [-0.2, -0.15) is 4.31 Å². The molecule has 0 heterocycles. The number of nitrogens with two attached hydrogens (primary N) is 1. The summed E-state index contributed by atoms with van der Waals surface area (Å²) in [5, 5.41) is 0.502. The number of sulfonamides is 1. The Morgan fingerprint density at radius 2 is 2.00 bits per heavy atom. The van der Waals surface area contributed by atoms with Crippen LogP contribution in [-0.2, 0) is 16.6 Å². The molecule has 7 heteroatoms. The van der Waals surface area contributed by atoms with E-state index in [4.69, 9.17) is 28.9 Å². The molecular formula is C13H18Cl2N2O2S. The monoisotopic (exact) mass is 336 g/mol. The van der Waals surface area contributed by atoms with Crippen molar-refractivity contribution in [3.05, 3.63) is 27.7 Å². The van der Waals surface area contributed by atoms with Crippen LogP contribution in [0.4, 0.5) is 0 Å². The Kier molecular flexibility index (Phi) is 4.97. The molecule has 112 valence electrons. The molecule has 4 nitrogen and oxygen atoms in total. The van der Waals surface area contributed by atoms with E-state index < -0.39 is 10.0 Å². The van der Waals surface area contributed by atoms with Gasteiger partial charge in [0.25, 0.3) is 0 Å². The van der Waals surface area contributed by atoms with Crippen LogP contribution in [0.3, 0.4) is 0 Å². The lowest BCUT2D eigenvalue weighted by atomic mass is 10.2. The van der Waals surface area contributed by atoms with Crippen LogP contribution in [0.25, 0.3) is 0 Å². The lowest BCUT2D eigenvalue weighted by molar-refractivity contribution is 0.412. The van der Waals surface area contributed by atoms with E-state index in [1.54, 1.807) is 6.07 Å². The Hall–Kier alpha value is -0.330. The van der Waals surface area contributed by atoms with Crippen LogP contribution in [0, 0.1) is 5.92 Å². The van der Waals surface area contributed by atoms with E-state index in [0.717, 1.165) is 12.8 Å². The first-order valence-electron chi connectivity index (χ1n) is 6.58. The molecule has 0 aromatic heterocycles. The van der Waals surface area contributed by atoms with E-state index in [-0.39, 0.29) is 16.5 Å². The Morgan fingerprint density at radius 1 is 1.35 bits per heavy atom. The quantitative estimate of drug-likeness (QED) is 0.868. The van der Waals surface area contributed by atoms with Crippen molar-refractivity contribution < 1.29 is 8.42 Å². The average molecular weight is 337 g/mol.